The first kappa shape index (κ1) is 11.9. The lowest BCUT2D eigenvalue weighted by atomic mass is 10.1. The number of rotatable bonds is 6. The monoisotopic (exact) mass is 215 g/mol. The summed E-state index contributed by atoms with van der Waals surface area (Å²) in [6.07, 6.45) is 5.74. The van der Waals surface area contributed by atoms with Gasteiger partial charge >= 0.3 is 0 Å². The van der Waals surface area contributed by atoms with Crippen molar-refractivity contribution in [2.75, 3.05) is 0 Å². The first-order valence-corrected chi connectivity index (χ1v) is 5.19. The molecule has 0 spiro atoms. The number of unbranched alkanes of at least 4 members (excludes halogenated alkanes) is 3. The van der Waals surface area contributed by atoms with E-state index in [0.29, 0.717) is 4.84 Å². The highest BCUT2D eigenvalue weighted by atomic mass is 35.5. The number of alkyl halides is 1. The van der Waals surface area contributed by atoms with E-state index in [1.807, 2.05) is 0 Å². The molecule has 0 rings (SSSR count). The Hall–Kier alpha value is 0.870. The molecular formula is C8H14Cl3. The lowest BCUT2D eigenvalue weighted by Gasteiger charge is -2.07. The minimum Gasteiger partial charge on any atom is -0.120 e. The van der Waals surface area contributed by atoms with Crippen molar-refractivity contribution in [3.63, 3.8) is 0 Å². The van der Waals surface area contributed by atoms with Gasteiger partial charge in [-0.05, 0) is 6.42 Å². The van der Waals surface area contributed by atoms with E-state index in [1.54, 1.807) is 0 Å². The molecule has 0 bridgehead atoms. The molecule has 0 aromatic rings. The van der Waals surface area contributed by atoms with Gasteiger partial charge in [0.15, 0.2) is 4.84 Å². The van der Waals surface area contributed by atoms with E-state index < -0.39 is 0 Å². The molecule has 0 saturated heterocycles. The molecule has 0 heterocycles. The second-order valence-corrected chi connectivity index (χ2v) is 4.14. The van der Waals surface area contributed by atoms with Crippen LogP contribution in [0.25, 0.3) is 0 Å². The van der Waals surface area contributed by atoms with Crippen molar-refractivity contribution in [1.82, 2.24) is 0 Å². The topological polar surface area (TPSA) is 0 Å². The van der Waals surface area contributed by atoms with Crippen molar-refractivity contribution in [2.24, 2.45) is 0 Å². The summed E-state index contributed by atoms with van der Waals surface area (Å²) in [4.78, 5) is 0.295. The fourth-order valence-corrected chi connectivity index (χ4v) is 1.23. The van der Waals surface area contributed by atoms with Crippen LogP contribution in [0.4, 0.5) is 0 Å². The first-order valence-electron chi connectivity index (χ1n) is 4.00. The summed E-state index contributed by atoms with van der Waals surface area (Å²) < 4.78 is 0. The van der Waals surface area contributed by atoms with Crippen LogP contribution < -0.4 is 0 Å². The standard InChI is InChI=1S/C8H14Cl3/c1-2-3-4-5-6-7(9)8(10)11/h7H,2-6H2,1H3. The van der Waals surface area contributed by atoms with E-state index in [9.17, 15) is 0 Å². The maximum atomic E-state index is 5.79. The van der Waals surface area contributed by atoms with Crippen molar-refractivity contribution in [3.05, 3.63) is 4.84 Å². The number of hydrogen-bond acceptors (Lipinski definition) is 0. The maximum Gasteiger partial charge on any atom is 0.168 e. The number of hydrogen-bond donors (Lipinski definition) is 0. The normalized spacial score (nSPS) is 13.9. The highest BCUT2D eigenvalue weighted by molar-refractivity contribution is 6.56. The van der Waals surface area contributed by atoms with Gasteiger partial charge in [0.1, 0.15) is 0 Å². The largest absolute Gasteiger partial charge is 0.168 e. The molecule has 0 aliphatic carbocycles. The predicted octanol–water partition coefficient (Wildman–Crippen LogP) is 4.53. The van der Waals surface area contributed by atoms with Gasteiger partial charge in [0, 0.05) is 0 Å². The summed E-state index contributed by atoms with van der Waals surface area (Å²) in [5, 5.41) is -0.157. The van der Waals surface area contributed by atoms with Crippen LogP contribution in [0.2, 0.25) is 0 Å². The third-order valence-electron chi connectivity index (χ3n) is 1.55. The fraction of sp³-hybridized carbons (Fsp3) is 0.875. The minimum absolute atomic E-state index is 0.157. The van der Waals surface area contributed by atoms with E-state index >= 15 is 0 Å². The van der Waals surface area contributed by atoms with Gasteiger partial charge in [-0.2, -0.15) is 0 Å². The van der Waals surface area contributed by atoms with Crippen molar-refractivity contribution in [3.8, 4) is 0 Å². The van der Waals surface area contributed by atoms with Crippen LogP contribution in [0, 0.1) is 4.84 Å². The summed E-state index contributed by atoms with van der Waals surface area (Å²) in [6, 6.07) is 0. The molecule has 0 amide bonds. The van der Waals surface area contributed by atoms with Gasteiger partial charge in [0.05, 0.1) is 5.38 Å². The molecule has 0 aliphatic heterocycles. The van der Waals surface area contributed by atoms with E-state index in [2.05, 4.69) is 6.92 Å². The number of halogens is 3. The van der Waals surface area contributed by atoms with Crippen molar-refractivity contribution < 1.29 is 0 Å². The highest BCUT2D eigenvalue weighted by Crippen LogP contribution is 2.26. The summed E-state index contributed by atoms with van der Waals surface area (Å²) in [5.74, 6) is 0. The van der Waals surface area contributed by atoms with Gasteiger partial charge in [0.25, 0.3) is 0 Å². The summed E-state index contributed by atoms with van der Waals surface area (Å²) >= 11 is 16.8. The van der Waals surface area contributed by atoms with Gasteiger partial charge in [-0.1, -0.05) is 55.8 Å². The molecule has 0 saturated carbocycles. The van der Waals surface area contributed by atoms with E-state index in [4.69, 9.17) is 34.8 Å². The summed E-state index contributed by atoms with van der Waals surface area (Å²) in [5.41, 5.74) is 0. The quantitative estimate of drug-likeness (QED) is 0.452. The van der Waals surface area contributed by atoms with Crippen LogP contribution in [0.1, 0.15) is 39.0 Å². The smallest absolute Gasteiger partial charge is 0.120 e. The Morgan fingerprint density at radius 1 is 1.18 bits per heavy atom. The summed E-state index contributed by atoms with van der Waals surface area (Å²) in [7, 11) is 0. The molecule has 11 heavy (non-hydrogen) atoms. The zero-order valence-corrected chi connectivity index (χ0v) is 9.01. The van der Waals surface area contributed by atoms with Crippen LogP contribution in [-0.4, -0.2) is 5.38 Å². The van der Waals surface area contributed by atoms with Crippen LogP contribution >= 0.6 is 34.8 Å². The van der Waals surface area contributed by atoms with E-state index in [0.717, 1.165) is 12.8 Å². The molecule has 0 fully saturated rings. The van der Waals surface area contributed by atoms with Crippen molar-refractivity contribution in [2.45, 2.75) is 44.4 Å². The van der Waals surface area contributed by atoms with Crippen LogP contribution in [0.15, 0.2) is 0 Å². The minimum atomic E-state index is -0.157. The second-order valence-electron chi connectivity index (χ2n) is 2.61. The molecule has 1 atom stereocenters. The van der Waals surface area contributed by atoms with Crippen LogP contribution in [0.3, 0.4) is 0 Å². The third-order valence-corrected chi connectivity index (χ3v) is 2.73. The lowest BCUT2D eigenvalue weighted by Crippen LogP contribution is -2.00. The SMILES string of the molecule is CCCCCCC(Cl)[C](Cl)Cl. The predicted molar refractivity (Wildman–Crippen MR) is 53.3 cm³/mol. The fourth-order valence-electron chi connectivity index (χ4n) is 0.859. The third kappa shape index (κ3) is 7.24. The zero-order valence-electron chi connectivity index (χ0n) is 6.75. The maximum absolute atomic E-state index is 5.79. The van der Waals surface area contributed by atoms with Gasteiger partial charge in [-0.3, -0.25) is 0 Å². The Morgan fingerprint density at radius 3 is 2.27 bits per heavy atom. The van der Waals surface area contributed by atoms with Gasteiger partial charge in [-0.15, -0.1) is 11.6 Å². The molecule has 0 aliphatic rings. The van der Waals surface area contributed by atoms with Crippen LogP contribution in [0.5, 0.6) is 0 Å². The molecule has 67 valence electrons. The molecule has 0 N–H and O–H groups in total. The Bertz CT molecular complexity index is 83.4. The Morgan fingerprint density at radius 2 is 1.82 bits per heavy atom. The second kappa shape index (κ2) is 7.52. The molecule has 0 nitrogen and oxygen atoms in total. The van der Waals surface area contributed by atoms with Gasteiger partial charge < -0.3 is 0 Å². The van der Waals surface area contributed by atoms with E-state index in [1.165, 1.54) is 19.3 Å². The average Bonchev–Trinajstić information content (AvgIpc) is 1.97. The molecular weight excluding hydrogens is 202 g/mol. The molecule has 0 aromatic heterocycles. The average molecular weight is 217 g/mol. The molecule has 1 unspecified atom stereocenters. The van der Waals surface area contributed by atoms with Crippen LogP contribution in [-0.2, 0) is 0 Å². The summed E-state index contributed by atoms with van der Waals surface area (Å²) in [6.45, 7) is 2.18. The molecule has 0 aromatic carbocycles. The Balaban J connectivity index is 3.10. The Kier molecular flexibility index (Phi) is 8.11. The van der Waals surface area contributed by atoms with Crippen molar-refractivity contribution >= 4 is 34.8 Å². The lowest BCUT2D eigenvalue weighted by molar-refractivity contribution is 0.635. The highest BCUT2D eigenvalue weighted by Gasteiger charge is 2.13. The van der Waals surface area contributed by atoms with Gasteiger partial charge in [0.2, 0.25) is 0 Å². The van der Waals surface area contributed by atoms with E-state index in [-0.39, 0.29) is 5.38 Å². The zero-order chi connectivity index (χ0) is 8.69. The molecule has 1 radical (unpaired) electrons. The van der Waals surface area contributed by atoms with Crippen molar-refractivity contribution in [1.29, 1.82) is 0 Å². The molecule has 3 heteroatoms. The van der Waals surface area contributed by atoms with Gasteiger partial charge in [-0.25, -0.2) is 0 Å². The first-order chi connectivity index (χ1) is 5.18. The Labute approximate surface area is 84.2 Å².